The molecular weight excluding hydrogens is 667 g/mol. The zero-order valence-corrected chi connectivity index (χ0v) is 26.7. The maximum absolute atomic E-state index is 11.3. The predicted molar refractivity (Wildman–Crippen MR) is 155 cm³/mol. The third kappa shape index (κ3) is 14.5. The molecule has 0 spiro atoms. The SMILES string of the molecule is CC(=O)CC(=O)C(F)(F)F.CC(=O)CC(=O)C(F)(F)F.CC(=O)CC(=O)C(F)(F)F.Cc1cnc2c(ccc3c(C)c(C)cnc32)c1C. The summed E-state index contributed by atoms with van der Waals surface area (Å²) in [5.41, 5.74) is 7.07. The van der Waals surface area contributed by atoms with Gasteiger partial charge in [0.1, 0.15) is 17.3 Å². The Hall–Kier alpha value is -4.57. The van der Waals surface area contributed by atoms with Crippen LogP contribution in [0.5, 0.6) is 0 Å². The third-order valence-electron chi connectivity index (χ3n) is 6.09. The summed E-state index contributed by atoms with van der Waals surface area (Å²) in [7, 11) is 0. The van der Waals surface area contributed by atoms with E-state index >= 15 is 0 Å². The highest BCUT2D eigenvalue weighted by molar-refractivity contribution is 6.05. The number of halogens is 9. The molecule has 0 amide bonds. The molecule has 0 bridgehead atoms. The lowest BCUT2D eigenvalue weighted by Crippen LogP contribution is -2.24. The fraction of sp³-hybridized carbons (Fsp3) is 0.419. The molecule has 264 valence electrons. The number of pyridine rings is 2. The van der Waals surface area contributed by atoms with Crippen LogP contribution < -0.4 is 0 Å². The number of carbonyl (C=O) groups is 6. The van der Waals surface area contributed by atoms with E-state index in [1.165, 1.54) is 33.0 Å². The van der Waals surface area contributed by atoms with E-state index in [0.717, 1.165) is 31.8 Å². The highest BCUT2D eigenvalue weighted by atomic mass is 19.4. The standard InChI is InChI=1S/C16H16N2.3C5H5F3O2/c1-9-7-17-15-13(11(9)3)5-6-14-12(4)10(2)8-18-16(14)15;3*1-3(9)2-4(10)5(6,7)8/h5-8H,1-4H3;3*2H2,1H3. The summed E-state index contributed by atoms with van der Waals surface area (Å²) >= 11 is 0. The third-order valence-corrected chi connectivity index (χ3v) is 6.09. The Bertz CT molecular complexity index is 1540. The molecule has 2 aromatic heterocycles. The molecule has 0 saturated carbocycles. The van der Waals surface area contributed by atoms with Crippen LogP contribution in [0.2, 0.25) is 0 Å². The Morgan fingerprint density at radius 1 is 0.500 bits per heavy atom. The second-order valence-corrected chi connectivity index (χ2v) is 10.4. The van der Waals surface area contributed by atoms with Crippen LogP contribution >= 0.6 is 0 Å². The van der Waals surface area contributed by atoms with Crippen molar-refractivity contribution in [2.45, 2.75) is 86.3 Å². The first kappa shape index (κ1) is 43.4. The highest BCUT2D eigenvalue weighted by Crippen LogP contribution is 2.28. The van der Waals surface area contributed by atoms with E-state index in [1.807, 2.05) is 12.4 Å². The van der Waals surface area contributed by atoms with Crippen molar-refractivity contribution in [3.8, 4) is 0 Å². The number of ketones is 6. The largest absolute Gasteiger partial charge is 0.450 e. The molecule has 0 aliphatic rings. The first-order valence-electron chi connectivity index (χ1n) is 13.5. The van der Waals surface area contributed by atoms with Crippen LogP contribution in [0.15, 0.2) is 24.5 Å². The Morgan fingerprint density at radius 3 is 0.896 bits per heavy atom. The van der Waals surface area contributed by atoms with Crippen molar-refractivity contribution in [1.82, 2.24) is 9.97 Å². The molecule has 0 atom stereocenters. The van der Waals surface area contributed by atoms with Crippen LogP contribution in [0.1, 0.15) is 62.3 Å². The van der Waals surface area contributed by atoms with E-state index in [-0.39, 0.29) is 0 Å². The summed E-state index contributed by atoms with van der Waals surface area (Å²) in [5.74, 6) is -8.29. The molecular formula is C31H31F9N2O6. The zero-order chi connectivity index (χ0) is 37.9. The molecule has 0 N–H and O–H groups in total. The summed E-state index contributed by atoms with van der Waals surface area (Å²) in [4.78, 5) is 68.9. The van der Waals surface area contributed by atoms with Crippen LogP contribution in [0.4, 0.5) is 39.5 Å². The lowest BCUT2D eigenvalue weighted by Gasteiger charge is -2.10. The van der Waals surface area contributed by atoms with Gasteiger partial charge in [0.25, 0.3) is 0 Å². The molecule has 0 aliphatic carbocycles. The van der Waals surface area contributed by atoms with Crippen molar-refractivity contribution in [2.75, 3.05) is 0 Å². The molecule has 3 rings (SSSR count). The number of benzene rings is 1. The minimum absolute atomic E-state index is 0.776. The number of aryl methyl sites for hydroxylation is 4. The Labute approximate surface area is 268 Å². The van der Waals surface area contributed by atoms with Gasteiger partial charge in [-0.1, -0.05) is 12.1 Å². The normalized spacial score (nSPS) is 11.2. The predicted octanol–water partition coefficient (Wildman–Crippen LogP) is 7.31. The molecule has 0 fully saturated rings. The van der Waals surface area contributed by atoms with Gasteiger partial charge in [0.15, 0.2) is 0 Å². The van der Waals surface area contributed by atoms with Crippen LogP contribution in [0.25, 0.3) is 21.8 Å². The Kier molecular flexibility index (Phi) is 15.9. The number of nitrogens with zero attached hydrogens (tertiary/aromatic N) is 2. The van der Waals surface area contributed by atoms with Gasteiger partial charge in [-0.15, -0.1) is 0 Å². The van der Waals surface area contributed by atoms with E-state index in [9.17, 15) is 68.3 Å². The smallest absolute Gasteiger partial charge is 0.300 e. The van der Waals surface area contributed by atoms with Gasteiger partial charge in [-0.25, -0.2) is 0 Å². The average molecular weight is 699 g/mol. The van der Waals surface area contributed by atoms with E-state index < -0.39 is 72.5 Å². The fourth-order valence-electron chi connectivity index (χ4n) is 3.37. The number of hydrogen-bond donors (Lipinski definition) is 0. The van der Waals surface area contributed by atoms with Gasteiger partial charge < -0.3 is 0 Å². The summed E-state index contributed by atoms with van der Waals surface area (Å²) in [6, 6.07) is 4.34. The number of carbonyl (C=O) groups excluding carboxylic acids is 6. The van der Waals surface area contributed by atoms with Crippen molar-refractivity contribution < 1.29 is 68.3 Å². The minimum atomic E-state index is -4.87. The van der Waals surface area contributed by atoms with Crippen molar-refractivity contribution >= 4 is 56.5 Å². The van der Waals surface area contributed by atoms with Gasteiger partial charge in [-0.2, -0.15) is 39.5 Å². The number of rotatable bonds is 6. The maximum Gasteiger partial charge on any atom is 0.450 e. The lowest BCUT2D eigenvalue weighted by molar-refractivity contribution is -0.171. The van der Waals surface area contributed by atoms with E-state index in [4.69, 9.17) is 0 Å². The van der Waals surface area contributed by atoms with Crippen LogP contribution in [0.3, 0.4) is 0 Å². The zero-order valence-electron chi connectivity index (χ0n) is 26.7. The molecule has 0 saturated heterocycles. The summed E-state index contributed by atoms with van der Waals surface area (Å²) in [6.07, 6.45) is -13.9. The van der Waals surface area contributed by atoms with Gasteiger partial charge >= 0.3 is 18.5 Å². The number of alkyl halides is 9. The highest BCUT2D eigenvalue weighted by Gasteiger charge is 2.39. The van der Waals surface area contributed by atoms with Gasteiger partial charge in [0.2, 0.25) is 17.3 Å². The van der Waals surface area contributed by atoms with Gasteiger partial charge in [-0.3, -0.25) is 38.7 Å². The summed E-state index contributed by atoms with van der Waals surface area (Å²) < 4.78 is 102. The van der Waals surface area contributed by atoms with E-state index in [2.05, 4.69) is 49.8 Å². The quantitative estimate of drug-likeness (QED) is 0.149. The van der Waals surface area contributed by atoms with E-state index in [0.29, 0.717) is 0 Å². The second-order valence-electron chi connectivity index (χ2n) is 10.4. The number of Topliss-reactive ketones (excluding diaryl/α,β-unsaturated/α-hetero) is 6. The maximum atomic E-state index is 11.3. The molecule has 0 radical (unpaired) electrons. The topological polar surface area (TPSA) is 128 Å². The fourth-order valence-corrected chi connectivity index (χ4v) is 3.37. The van der Waals surface area contributed by atoms with E-state index in [1.54, 1.807) is 0 Å². The van der Waals surface area contributed by atoms with Crippen molar-refractivity contribution in [3.63, 3.8) is 0 Å². The molecule has 8 nitrogen and oxygen atoms in total. The number of fused-ring (bicyclic) bond motifs is 3. The van der Waals surface area contributed by atoms with Gasteiger partial charge in [-0.05, 0) is 70.7 Å². The van der Waals surface area contributed by atoms with Crippen LogP contribution in [-0.4, -0.2) is 63.2 Å². The molecule has 17 heteroatoms. The summed E-state index contributed by atoms with van der Waals surface area (Å²) in [6.45, 7) is 11.3. The Balaban J connectivity index is 0.000000647. The molecule has 3 aromatic rings. The van der Waals surface area contributed by atoms with Crippen molar-refractivity contribution in [2.24, 2.45) is 0 Å². The Morgan fingerprint density at radius 2 is 0.729 bits per heavy atom. The molecule has 2 heterocycles. The van der Waals surface area contributed by atoms with Gasteiger partial charge in [0.05, 0.1) is 30.3 Å². The van der Waals surface area contributed by atoms with Crippen molar-refractivity contribution in [1.29, 1.82) is 0 Å². The number of hydrogen-bond acceptors (Lipinski definition) is 8. The molecule has 0 unspecified atom stereocenters. The average Bonchev–Trinajstić information content (AvgIpc) is 2.91. The van der Waals surface area contributed by atoms with Crippen molar-refractivity contribution in [3.05, 3.63) is 46.8 Å². The van der Waals surface area contributed by atoms with Gasteiger partial charge in [0, 0.05) is 23.2 Å². The van der Waals surface area contributed by atoms with Crippen LogP contribution in [0, 0.1) is 27.7 Å². The molecule has 0 aliphatic heterocycles. The number of aromatic nitrogens is 2. The summed E-state index contributed by atoms with van der Waals surface area (Å²) in [5, 5.41) is 2.41. The second kappa shape index (κ2) is 17.5. The molecule has 1 aromatic carbocycles. The first-order valence-corrected chi connectivity index (χ1v) is 13.5. The monoisotopic (exact) mass is 698 g/mol. The first-order chi connectivity index (χ1) is 21.6. The molecule has 48 heavy (non-hydrogen) atoms. The minimum Gasteiger partial charge on any atom is -0.300 e. The lowest BCUT2D eigenvalue weighted by atomic mass is 10.0. The van der Waals surface area contributed by atoms with Crippen LogP contribution in [-0.2, 0) is 28.8 Å².